The van der Waals surface area contributed by atoms with E-state index in [9.17, 15) is 14.3 Å². The summed E-state index contributed by atoms with van der Waals surface area (Å²) in [7, 11) is 0. The van der Waals surface area contributed by atoms with E-state index in [1.54, 1.807) is 6.07 Å². The molecular weight excluding hydrogens is 491 g/mol. The molecule has 0 aliphatic carbocycles. The van der Waals surface area contributed by atoms with E-state index in [4.69, 9.17) is 5.73 Å². The normalized spacial score (nSPS) is 15.9. The zero-order valence-electron chi connectivity index (χ0n) is 21.3. The number of H-pyrrole nitrogens is 1. The van der Waals surface area contributed by atoms with Crippen LogP contribution in [0.4, 0.5) is 10.1 Å². The number of phenolic OH excluding ortho intramolecular Hbond substituents is 1. The standard InChI is InChI=1S/C32H29FN4O2/c33-22-13-14-29(38)26(18-22)30(28-17-21-9-4-5-12-27(21)35-28)36-32(39)25-11-6-10-24(20-7-2-1-3-8-20)31(25)37-16-15-23(34)19-37/h1-14,17-18,23,30,35,38H,15-16,19,34H2,(H,36,39)/t23-,30-/m1/s1. The lowest BCUT2D eigenvalue weighted by molar-refractivity contribution is 0.0942. The van der Waals surface area contributed by atoms with E-state index in [2.05, 4.69) is 15.2 Å². The number of fused-ring (bicyclic) bond motifs is 1. The van der Waals surface area contributed by atoms with Gasteiger partial charge in [0.05, 0.1) is 17.3 Å². The van der Waals surface area contributed by atoms with E-state index in [1.807, 2.05) is 72.8 Å². The Labute approximate surface area is 225 Å². The molecule has 0 bridgehead atoms. The number of para-hydroxylation sites is 2. The summed E-state index contributed by atoms with van der Waals surface area (Å²) in [6.45, 7) is 1.38. The van der Waals surface area contributed by atoms with Crippen molar-refractivity contribution in [2.45, 2.75) is 18.5 Å². The zero-order valence-corrected chi connectivity index (χ0v) is 21.3. The molecule has 5 N–H and O–H groups in total. The van der Waals surface area contributed by atoms with Crippen molar-refractivity contribution in [2.75, 3.05) is 18.0 Å². The molecule has 0 radical (unpaired) electrons. The molecule has 1 aliphatic heterocycles. The van der Waals surface area contributed by atoms with Crippen LogP contribution in [0.25, 0.3) is 22.0 Å². The summed E-state index contributed by atoms with van der Waals surface area (Å²) in [6, 6.07) is 28.2. The monoisotopic (exact) mass is 520 g/mol. The van der Waals surface area contributed by atoms with Gasteiger partial charge in [-0.2, -0.15) is 0 Å². The van der Waals surface area contributed by atoms with Gasteiger partial charge >= 0.3 is 0 Å². The van der Waals surface area contributed by atoms with Crippen LogP contribution in [0.1, 0.15) is 34.1 Å². The van der Waals surface area contributed by atoms with E-state index in [-0.39, 0.29) is 23.3 Å². The summed E-state index contributed by atoms with van der Waals surface area (Å²) in [6.07, 6.45) is 0.832. The Hall–Kier alpha value is -4.62. The smallest absolute Gasteiger partial charge is 0.254 e. The number of halogens is 1. The Bertz CT molecular complexity index is 1620. The van der Waals surface area contributed by atoms with Gasteiger partial charge in [0, 0.05) is 41.5 Å². The number of amides is 1. The molecule has 2 heterocycles. The average molecular weight is 521 g/mol. The number of nitrogens with one attached hydrogen (secondary N) is 2. The minimum Gasteiger partial charge on any atom is -0.508 e. The molecule has 2 atom stereocenters. The largest absolute Gasteiger partial charge is 0.508 e. The number of carbonyl (C=O) groups excluding carboxylic acids is 1. The molecule has 1 aliphatic rings. The van der Waals surface area contributed by atoms with Gasteiger partial charge in [-0.15, -0.1) is 0 Å². The van der Waals surface area contributed by atoms with Crippen LogP contribution in [-0.2, 0) is 0 Å². The van der Waals surface area contributed by atoms with Crippen LogP contribution < -0.4 is 16.0 Å². The number of phenols is 1. The number of aromatic amines is 1. The lowest BCUT2D eigenvalue weighted by atomic mass is 9.97. The number of rotatable bonds is 6. The fourth-order valence-corrected chi connectivity index (χ4v) is 5.45. The second-order valence-corrected chi connectivity index (χ2v) is 9.98. The first-order valence-corrected chi connectivity index (χ1v) is 13.0. The lowest BCUT2D eigenvalue weighted by Gasteiger charge is -2.26. The molecule has 5 aromatic rings. The second kappa shape index (κ2) is 10.3. The minimum atomic E-state index is -0.824. The highest BCUT2D eigenvalue weighted by Gasteiger charge is 2.29. The summed E-state index contributed by atoms with van der Waals surface area (Å²) in [4.78, 5) is 19.6. The molecule has 0 unspecified atom stereocenters. The van der Waals surface area contributed by atoms with Crippen LogP contribution >= 0.6 is 0 Å². The first-order valence-electron chi connectivity index (χ1n) is 13.0. The maximum absolute atomic E-state index is 14.4. The van der Waals surface area contributed by atoms with Crippen molar-refractivity contribution in [1.82, 2.24) is 10.3 Å². The molecule has 1 aromatic heterocycles. The molecule has 1 fully saturated rings. The Morgan fingerprint density at radius 3 is 2.56 bits per heavy atom. The van der Waals surface area contributed by atoms with Crippen LogP contribution in [0.15, 0.2) is 97.1 Å². The number of anilines is 1. The van der Waals surface area contributed by atoms with Gasteiger partial charge in [0.15, 0.2) is 0 Å². The van der Waals surface area contributed by atoms with E-state index in [1.165, 1.54) is 18.2 Å². The average Bonchev–Trinajstić information content (AvgIpc) is 3.59. The molecule has 1 saturated heterocycles. The van der Waals surface area contributed by atoms with Crippen LogP contribution in [0.2, 0.25) is 0 Å². The number of aromatic nitrogens is 1. The molecule has 7 heteroatoms. The summed E-state index contributed by atoms with van der Waals surface area (Å²) in [5.74, 6) is -0.948. The molecular formula is C32H29FN4O2. The van der Waals surface area contributed by atoms with Crippen molar-refractivity contribution in [3.8, 4) is 16.9 Å². The lowest BCUT2D eigenvalue weighted by Crippen LogP contribution is -2.33. The number of hydrogen-bond acceptors (Lipinski definition) is 4. The molecule has 1 amide bonds. The fourth-order valence-electron chi connectivity index (χ4n) is 5.45. The number of carbonyl (C=O) groups is 1. The Morgan fingerprint density at radius 1 is 1.00 bits per heavy atom. The number of benzene rings is 4. The number of nitrogens with two attached hydrogens (primary N) is 1. The first-order chi connectivity index (χ1) is 19.0. The predicted molar refractivity (Wildman–Crippen MR) is 152 cm³/mol. The van der Waals surface area contributed by atoms with Gasteiger partial charge in [-0.1, -0.05) is 60.7 Å². The maximum Gasteiger partial charge on any atom is 0.254 e. The first kappa shape index (κ1) is 24.7. The quantitative estimate of drug-likeness (QED) is 0.230. The molecule has 0 spiro atoms. The number of hydrogen-bond donors (Lipinski definition) is 4. The van der Waals surface area contributed by atoms with E-state index >= 15 is 0 Å². The van der Waals surface area contributed by atoms with Gasteiger partial charge in [0.2, 0.25) is 0 Å². The van der Waals surface area contributed by atoms with Crippen LogP contribution in [-0.4, -0.2) is 35.1 Å². The molecule has 0 saturated carbocycles. The van der Waals surface area contributed by atoms with Crippen molar-refractivity contribution in [3.05, 3.63) is 120 Å². The third-order valence-electron chi connectivity index (χ3n) is 7.34. The Morgan fingerprint density at radius 2 is 1.79 bits per heavy atom. The van der Waals surface area contributed by atoms with Crippen molar-refractivity contribution >= 4 is 22.5 Å². The van der Waals surface area contributed by atoms with Gasteiger partial charge in [-0.25, -0.2) is 4.39 Å². The van der Waals surface area contributed by atoms with Crippen LogP contribution in [0.5, 0.6) is 5.75 Å². The summed E-state index contributed by atoms with van der Waals surface area (Å²) in [5, 5.41) is 14.8. The van der Waals surface area contributed by atoms with Crippen molar-refractivity contribution in [1.29, 1.82) is 0 Å². The molecule has 4 aromatic carbocycles. The highest BCUT2D eigenvalue weighted by Crippen LogP contribution is 2.37. The third kappa shape index (κ3) is 4.84. The van der Waals surface area contributed by atoms with E-state index in [0.29, 0.717) is 17.8 Å². The SMILES string of the molecule is N[C@@H]1CCN(c2c(C(=O)N[C@@H](c3cc4ccccc4[nH]3)c3cc(F)ccc3O)cccc2-c2ccccc2)C1. The number of nitrogens with zero attached hydrogens (tertiary/aromatic N) is 1. The van der Waals surface area contributed by atoms with Gasteiger partial charge in [0.25, 0.3) is 5.91 Å². The minimum absolute atomic E-state index is 0.0214. The van der Waals surface area contributed by atoms with Crippen LogP contribution in [0.3, 0.4) is 0 Å². The van der Waals surface area contributed by atoms with Gasteiger partial charge in [-0.3, -0.25) is 4.79 Å². The number of aromatic hydroxyl groups is 1. The van der Waals surface area contributed by atoms with Crippen LogP contribution in [0, 0.1) is 5.82 Å². The molecule has 6 rings (SSSR count). The van der Waals surface area contributed by atoms with E-state index in [0.717, 1.165) is 40.7 Å². The third-order valence-corrected chi connectivity index (χ3v) is 7.34. The van der Waals surface area contributed by atoms with Gasteiger partial charge in [0.1, 0.15) is 11.6 Å². The zero-order chi connectivity index (χ0) is 26.9. The van der Waals surface area contributed by atoms with Gasteiger partial charge in [-0.05, 0) is 53.8 Å². The Kier molecular flexibility index (Phi) is 6.50. The molecule has 6 nitrogen and oxygen atoms in total. The fraction of sp³-hybridized carbons (Fsp3) is 0.156. The molecule has 196 valence electrons. The van der Waals surface area contributed by atoms with Crippen molar-refractivity contribution in [2.24, 2.45) is 5.73 Å². The summed E-state index contributed by atoms with van der Waals surface area (Å²) < 4.78 is 14.4. The highest BCUT2D eigenvalue weighted by atomic mass is 19.1. The molecule has 39 heavy (non-hydrogen) atoms. The predicted octanol–water partition coefficient (Wildman–Crippen LogP) is 5.74. The topological polar surface area (TPSA) is 94.4 Å². The Balaban J connectivity index is 1.46. The van der Waals surface area contributed by atoms with E-state index < -0.39 is 11.9 Å². The second-order valence-electron chi connectivity index (χ2n) is 9.98. The highest BCUT2D eigenvalue weighted by molar-refractivity contribution is 6.04. The summed E-state index contributed by atoms with van der Waals surface area (Å²) >= 11 is 0. The van der Waals surface area contributed by atoms with Gasteiger partial charge < -0.3 is 26.0 Å². The summed E-state index contributed by atoms with van der Waals surface area (Å²) in [5.41, 5.74) is 11.3. The van der Waals surface area contributed by atoms with Crippen molar-refractivity contribution < 1.29 is 14.3 Å². The van der Waals surface area contributed by atoms with Crippen molar-refractivity contribution in [3.63, 3.8) is 0 Å². The maximum atomic E-state index is 14.4.